The molecule has 3 rings (SSSR count). The van der Waals surface area contributed by atoms with E-state index in [2.05, 4.69) is 0 Å². The zero-order valence-corrected chi connectivity index (χ0v) is 16.7. The van der Waals surface area contributed by atoms with Crippen molar-refractivity contribution in [2.45, 2.75) is 30.6 Å². The van der Waals surface area contributed by atoms with Gasteiger partial charge in [0.15, 0.2) is 0 Å². The molecule has 146 valence electrons. The van der Waals surface area contributed by atoms with Crippen molar-refractivity contribution in [2.75, 3.05) is 17.5 Å². The first-order valence-electron chi connectivity index (χ1n) is 8.44. The Bertz CT molecular complexity index is 897. The fourth-order valence-electron chi connectivity index (χ4n) is 3.33. The van der Waals surface area contributed by atoms with E-state index in [1.165, 1.54) is 10.4 Å². The van der Waals surface area contributed by atoms with Crippen molar-refractivity contribution in [1.29, 1.82) is 0 Å². The van der Waals surface area contributed by atoms with Crippen LogP contribution in [0, 0.1) is 0 Å². The molecule has 0 bridgehead atoms. The van der Waals surface area contributed by atoms with Crippen LogP contribution < -0.4 is 4.31 Å². The molecule has 1 aromatic carbocycles. The lowest BCUT2D eigenvalue weighted by molar-refractivity contribution is -0.142. The molecule has 2 aliphatic rings. The number of carboxylic acids is 1. The van der Waals surface area contributed by atoms with Crippen LogP contribution in [0.2, 0.25) is 0 Å². The fraction of sp³-hybridized carbons (Fsp3) is 0.389. The van der Waals surface area contributed by atoms with Gasteiger partial charge in [-0.3, -0.25) is 4.31 Å². The number of carbonyl (C=O) groups is 1. The number of hydrogen-bond acceptors (Lipinski definition) is 4. The largest absolute Gasteiger partial charge is 0.480 e. The van der Waals surface area contributed by atoms with Crippen LogP contribution >= 0.6 is 23.2 Å². The number of aliphatic carboxylic acids is 1. The standard InChI is InChI=1S/C18H19Cl2NO5S/c19-15-8-7-14(9-16(15)20)27(24,25)21-13(10-26-11-18(22)23)6-5-12-3-1-2-4-17(12)21/h1-4,8-9,13-14H,5-7,10-11H2,(H,22,23). The molecule has 27 heavy (non-hydrogen) atoms. The SMILES string of the molecule is O=C(O)COCC1CCc2ccccc2N1S(=O)(=O)C1C=C(Cl)C(Cl)=CC1. The number of benzene rings is 1. The van der Waals surface area contributed by atoms with Crippen LogP contribution in [-0.4, -0.2) is 44.0 Å². The van der Waals surface area contributed by atoms with Crippen molar-refractivity contribution >= 4 is 44.9 Å². The Morgan fingerprint density at radius 2 is 2.00 bits per heavy atom. The summed E-state index contributed by atoms with van der Waals surface area (Å²) in [5, 5.41) is 8.48. The fourth-order valence-corrected chi connectivity index (χ4v) is 5.76. The van der Waals surface area contributed by atoms with Crippen LogP contribution in [0.3, 0.4) is 0 Å². The number of hydrogen-bond donors (Lipinski definition) is 1. The number of ether oxygens (including phenoxy) is 1. The molecule has 2 atom stereocenters. The second-order valence-corrected chi connectivity index (χ2v) is 9.25. The van der Waals surface area contributed by atoms with E-state index < -0.39 is 33.9 Å². The Labute approximate surface area is 168 Å². The maximum absolute atomic E-state index is 13.4. The lowest BCUT2D eigenvalue weighted by Crippen LogP contribution is -2.49. The number of nitrogens with zero attached hydrogens (tertiary/aromatic N) is 1. The summed E-state index contributed by atoms with van der Waals surface area (Å²) in [6.07, 6.45) is 4.50. The summed E-state index contributed by atoms with van der Waals surface area (Å²) in [6.45, 7) is -0.472. The number of sulfonamides is 1. The van der Waals surface area contributed by atoms with E-state index in [9.17, 15) is 13.2 Å². The molecule has 0 saturated carbocycles. The third-order valence-electron chi connectivity index (χ3n) is 4.59. The molecule has 1 aliphatic heterocycles. The average molecular weight is 432 g/mol. The van der Waals surface area contributed by atoms with Crippen molar-refractivity contribution in [3.05, 3.63) is 52.0 Å². The monoisotopic (exact) mass is 431 g/mol. The third kappa shape index (κ3) is 4.32. The Morgan fingerprint density at radius 3 is 2.70 bits per heavy atom. The molecule has 1 N–H and O–H groups in total. The topological polar surface area (TPSA) is 83.9 Å². The highest BCUT2D eigenvalue weighted by Crippen LogP contribution is 2.37. The van der Waals surface area contributed by atoms with Crippen LogP contribution in [0.15, 0.2) is 46.5 Å². The highest BCUT2D eigenvalue weighted by molar-refractivity contribution is 7.93. The zero-order chi connectivity index (χ0) is 19.6. The maximum Gasteiger partial charge on any atom is 0.329 e. The van der Waals surface area contributed by atoms with Crippen molar-refractivity contribution in [3.8, 4) is 0 Å². The molecule has 9 heteroatoms. The predicted molar refractivity (Wildman–Crippen MR) is 105 cm³/mol. The van der Waals surface area contributed by atoms with Gasteiger partial charge in [0.1, 0.15) is 11.9 Å². The van der Waals surface area contributed by atoms with Gasteiger partial charge in [-0.15, -0.1) is 0 Å². The number of allylic oxidation sites excluding steroid dienone is 3. The van der Waals surface area contributed by atoms with E-state index in [0.29, 0.717) is 23.6 Å². The molecule has 0 spiro atoms. The van der Waals surface area contributed by atoms with Crippen LogP contribution in [0.25, 0.3) is 0 Å². The van der Waals surface area contributed by atoms with Gasteiger partial charge in [-0.1, -0.05) is 47.5 Å². The van der Waals surface area contributed by atoms with Gasteiger partial charge < -0.3 is 9.84 Å². The van der Waals surface area contributed by atoms with Gasteiger partial charge in [-0.25, -0.2) is 13.2 Å². The minimum atomic E-state index is -3.81. The molecule has 0 fully saturated rings. The molecule has 6 nitrogen and oxygen atoms in total. The van der Waals surface area contributed by atoms with Crippen LogP contribution in [0.4, 0.5) is 5.69 Å². The number of rotatable bonds is 6. The molecular formula is C18H19Cl2NO5S. The molecule has 0 aromatic heterocycles. The number of anilines is 1. The second kappa shape index (κ2) is 8.22. The summed E-state index contributed by atoms with van der Waals surface area (Å²) < 4.78 is 33.5. The molecule has 1 aromatic rings. The van der Waals surface area contributed by atoms with Crippen LogP contribution in [0.5, 0.6) is 0 Å². The van der Waals surface area contributed by atoms with Crippen molar-refractivity contribution < 1.29 is 23.1 Å². The minimum absolute atomic E-state index is 0.000621. The number of fused-ring (bicyclic) bond motifs is 1. The number of halogens is 2. The number of aryl methyl sites for hydroxylation is 1. The summed E-state index contributed by atoms with van der Waals surface area (Å²) in [7, 11) is -3.81. The Balaban J connectivity index is 1.95. The lowest BCUT2D eigenvalue weighted by Gasteiger charge is -2.39. The van der Waals surface area contributed by atoms with E-state index in [-0.39, 0.29) is 18.1 Å². The van der Waals surface area contributed by atoms with Gasteiger partial charge >= 0.3 is 5.97 Å². The Morgan fingerprint density at radius 1 is 1.26 bits per heavy atom. The summed E-state index contributed by atoms with van der Waals surface area (Å²) in [5.74, 6) is -1.10. The van der Waals surface area contributed by atoms with Gasteiger partial charge in [-0.2, -0.15) is 0 Å². The first-order chi connectivity index (χ1) is 12.8. The van der Waals surface area contributed by atoms with E-state index in [4.69, 9.17) is 33.0 Å². The Kier molecular flexibility index (Phi) is 6.15. The Hall–Kier alpha value is -1.54. The molecule has 0 saturated heterocycles. The number of carboxylic acid groups (broad SMARTS) is 1. The minimum Gasteiger partial charge on any atom is -0.480 e. The average Bonchev–Trinajstić information content (AvgIpc) is 2.63. The van der Waals surface area contributed by atoms with Crippen molar-refractivity contribution in [3.63, 3.8) is 0 Å². The third-order valence-corrected chi connectivity index (χ3v) is 7.51. The van der Waals surface area contributed by atoms with E-state index in [1.54, 1.807) is 18.2 Å². The van der Waals surface area contributed by atoms with Crippen LogP contribution in [-0.2, 0) is 26.0 Å². The molecule has 1 heterocycles. The predicted octanol–water partition coefficient (Wildman–Crippen LogP) is 3.26. The summed E-state index contributed by atoms with van der Waals surface area (Å²) in [6, 6.07) is 6.81. The van der Waals surface area contributed by atoms with Gasteiger partial charge in [-0.05, 0) is 37.0 Å². The highest BCUT2D eigenvalue weighted by atomic mass is 35.5. The zero-order valence-electron chi connectivity index (χ0n) is 14.3. The summed E-state index contributed by atoms with van der Waals surface area (Å²) >= 11 is 12.0. The van der Waals surface area contributed by atoms with E-state index in [0.717, 1.165) is 5.56 Å². The van der Waals surface area contributed by atoms with E-state index in [1.807, 2.05) is 12.1 Å². The first kappa shape index (κ1) is 20.2. The molecule has 0 amide bonds. The smallest absolute Gasteiger partial charge is 0.329 e. The lowest BCUT2D eigenvalue weighted by atomic mass is 9.98. The highest BCUT2D eigenvalue weighted by Gasteiger charge is 2.39. The van der Waals surface area contributed by atoms with Gasteiger partial charge in [0.05, 0.1) is 28.4 Å². The quantitative estimate of drug-likeness (QED) is 0.746. The van der Waals surface area contributed by atoms with E-state index >= 15 is 0 Å². The van der Waals surface area contributed by atoms with Gasteiger partial charge in [0.25, 0.3) is 0 Å². The second-order valence-electron chi connectivity index (χ2n) is 6.41. The first-order valence-corrected chi connectivity index (χ1v) is 10.7. The van der Waals surface area contributed by atoms with Crippen molar-refractivity contribution in [2.24, 2.45) is 0 Å². The normalized spacial score (nSPS) is 22.7. The number of para-hydroxylation sites is 1. The van der Waals surface area contributed by atoms with Gasteiger partial charge in [0.2, 0.25) is 10.0 Å². The van der Waals surface area contributed by atoms with Gasteiger partial charge in [0, 0.05) is 0 Å². The van der Waals surface area contributed by atoms with Crippen LogP contribution in [0.1, 0.15) is 18.4 Å². The molecule has 0 radical (unpaired) electrons. The molecule has 2 unspecified atom stereocenters. The van der Waals surface area contributed by atoms with Crippen molar-refractivity contribution in [1.82, 2.24) is 0 Å². The summed E-state index contributed by atoms with van der Waals surface area (Å²) in [5.41, 5.74) is 1.52. The summed E-state index contributed by atoms with van der Waals surface area (Å²) in [4.78, 5) is 10.7. The molecular weight excluding hydrogens is 413 g/mol. The molecule has 1 aliphatic carbocycles. The maximum atomic E-state index is 13.4.